The molecule has 1 heterocycles. The van der Waals surface area contributed by atoms with Crippen LogP contribution < -0.4 is 11.1 Å². The molecule has 4 nitrogen and oxygen atoms in total. The summed E-state index contributed by atoms with van der Waals surface area (Å²) in [5.41, 5.74) is 6.69. The predicted octanol–water partition coefficient (Wildman–Crippen LogP) is 1.29. The number of nitrogens with one attached hydrogen (secondary N) is 1. The second-order valence-electron chi connectivity index (χ2n) is 7.08. The lowest BCUT2D eigenvalue weighted by Gasteiger charge is -2.63. The summed E-state index contributed by atoms with van der Waals surface area (Å²) >= 11 is 0. The largest absolute Gasteiger partial charge is 0.378 e. The van der Waals surface area contributed by atoms with Gasteiger partial charge in [0.1, 0.15) is 0 Å². The second kappa shape index (κ2) is 4.69. The molecule has 110 valence electrons. The van der Waals surface area contributed by atoms with Gasteiger partial charge < -0.3 is 20.5 Å². The summed E-state index contributed by atoms with van der Waals surface area (Å²) in [6.45, 7) is 9.19. The summed E-state index contributed by atoms with van der Waals surface area (Å²) < 4.78 is 11.4. The van der Waals surface area contributed by atoms with E-state index in [1.807, 2.05) is 0 Å². The van der Waals surface area contributed by atoms with Gasteiger partial charge in [0.05, 0.1) is 12.2 Å². The zero-order valence-corrected chi connectivity index (χ0v) is 12.4. The summed E-state index contributed by atoms with van der Waals surface area (Å²) in [5, 5.41) is 3.66. The van der Waals surface area contributed by atoms with Gasteiger partial charge >= 0.3 is 0 Å². The van der Waals surface area contributed by atoms with Crippen molar-refractivity contribution in [1.82, 2.24) is 5.32 Å². The van der Waals surface area contributed by atoms with Crippen molar-refractivity contribution in [1.29, 1.82) is 0 Å². The molecule has 0 spiro atoms. The Morgan fingerprint density at radius 1 is 1.37 bits per heavy atom. The molecular formula is C15H28N2O2. The number of rotatable bonds is 5. The van der Waals surface area contributed by atoms with Gasteiger partial charge in [0.25, 0.3) is 0 Å². The van der Waals surface area contributed by atoms with E-state index in [1.54, 1.807) is 0 Å². The second-order valence-corrected chi connectivity index (χ2v) is 7.08. The number of nitrogens with two attached hydrogens (primary N) is 1. The molecule has 0 aromatic carbocycles. The Kier molecular flexibility index (Phi) is 3.41. The maximum absolute atomic E-state index is 6.71. The molecule has 0 bridgehead atoms. The van der Waals surface area contributed by atoms with Crippen LogP contribution in [0, 0.1) is 11.3 Å². The smallest absolute Gasteiger partial charge is 0.0691 e. The molecule has 0 amide bonds. The number of hydrogen-bond donors (Lipinski definition) is 2. The maximum Gasteiger partial charge on any atom is 0.0691 e. The van der Waals surface area contributed by atoms with Crippen LogP contribution in [0.3, 0.4) is 0 Å². The van der Waals surface area contributed by atoms with Gasteiger partial charge in [-0.05, 0) is 26.2 Å². The van der Waals surface area contributed by atoms with Crippen molar-refractivity contribution in [2.75, 3.05) is 19.8 Å². The molecule has 1 saturated heterocycles. The van der Waals surface area contributed by atoms with Crippen molar-refractivity contribution in [3.63, 3.8) is 0 Å². The lowest BCUT2D eigenvalue weighted by Crippen LogP contribution is -2.78. The first kappa shape index (κ1) is 13.8. The first-order valence-corrected chi connectivity index (χ1v) is 7.74. The number of ether oxygens (including phenoxy) is 2. The summed E-state index contributed by atoms with van der Waals surface area (Å²) in [6.07, 6.45) is 4.23. The molecule has 0 aromatic heterocycles. The van der Waals surface area contributed by atoms with Crippen LogP contribution in [0.4, 0.5) is 0 Å². The quantitative estimate of drug-likeness (QED) is 0.789. The third kappa shape index (κ3) is 1.96. The highest BCUT2D eigenvalue weighted by molar-refractivity contribution is 5.21. The molecule has 2 aliphatic carbocycles. The van der Waals surface area contributed by atoms with Crippen LogP contribution in [-0.2, 0) is 9.47 Å². The van der Waals surface area contributed by atoms with E-state index >= 15 is 0 Å². The summed E-state index contributed by atoms with van der Waals surface area (Å²) in [7, 11) is 0. The van der Waals surface area contributed by atoms with Gasteiger partial charge in [0.15, 0.2) is 0 Å². The van der Waals surface area contributed by atoms with Crippen molar-refractivity contribution in [2.45, 2.75) is 63.8 Å². The Labute approximate surface area is 116 Å². The fraction of sp³-hybridized carbons (Fsp3) is 1.00. The van der Waals surface area contributed by atoms with E-state index < -0.39 is 0 Å². The van der Waals surface area contributed by atoms with Gasteiger partial charge in [-0.25, -0.2) is 0 Å². The summed E-state index contributed by atoms with van der Waals surface area (Å²) in [5.74, 6) is 0.540. The Balaban J connectivity index is 1.50. The van der Waals surface area contributed by atoms with Crippen molar-refractivity contribution < 1.29 is 9.47 Å². The van der Waals surface area contributed by atoms with Crippen LogP contribution in [0.5, 0.6) is 0 Å². The molecule has 0 radical (unpaired) electrons. The van der Waals surface area contributed by atoms with Crippen molar-refractivity contribution >= 4 is 0 Å². The van der Waals surface area contributed by atoms with Crippen molar-refractivity contribution in [3.8, 4) is 0 Å². The molecule has 2 saturated carbocycles. The van der Waals surface area contributed by atoms with Crippen molar-refractivity contribution in [3.05, 3.63) is 0 Å². The molecular weight excluding hydrogens is 240 g/mol. The first-order valence-electron chi connectivity index (χ1n) is 7.74. The highest BCUT2D eigenvalue weighted by atomic mass is 16.5. The van der Waals surface area contributed by atoms with Crippen LogP contribution in [0.2, 0.25) is 0 Å². The van der Waals surface area contributed by atoms with Gasteiger partial charge in [-0.2, -0.15) is 0 Å². The van der Waals surface area contributed by atoms with E-state index in [0.717, 1.165) is 39.0 Å². The minimum Gasteiger partial charge on any atom is -0.378 e. The SMILES string of the molecule is CCOC1CC(NCC2(N)C3CCOC3C2(C)C)C1. The maximum atomic E-state index is 6.71. The average Bonchev–Trinajstić information content (AvgIpc) is 2.79. The zero-order valence-electron chi connectivity index (χ0n) is 12.4. The molecule has 19 heavy (non-hydrogen) atoms. The fourth-order valence-electron chi connectivity index (χ4n) is 4.25. The Hall–Kier alpha value is -0.160. The third-order valence-corrected chi connectivity index (χ3v) is 5.84. The third-order valence-electron chi connectivity index (χ3n) is 5.84. The van der Waals surface area contributed by atoms with E-state index in [4.69, 9.17) is 15.2 Å². The van der Waals surface area contributed by atoms with Gasteiger partial charge in [0.2, 0.25) is 0 Å². The highest BCUT2D eigenvalue weighted by Crippen LogP contribution is 2.57. The van der Waals surface area contributed by atoms with Gasteiger partial charge in [-0.15, -0.1) is 0 Å². The topological polar surface area (TPSA) is 56.5 Å². The van der Waals surface area contributed by atoms with E-state index in [2.05, 4.69) is 26.1 Å². The lowest BCUT2D eigenvalue weighted by atomic mass is 9.48. The zero-order chi connectivity index (χ0) is 13.7. The van der Waals surface area contributed by atoms with E-state index in [-0.39, 0.29) is 11.0 Å². The normalized spacial score (nSPS) is 47.4. The minimum absolute atomic E-state index is 0.0875. The Bertz CT molecular complexity index is 341. The van der Waals surface area contributed by atoms with Crippen LogP contribution >= 0.6 is 0 Å². The van der Waals surface area contributed by atoms with Crippen LogP contribution in [0.25, 0.3) is 0 Å². The van der Waals surface area contributed by atoms with E-state index in [0.29, 0.717) is 24.2 Å². The van der Waals surface area contributed by atoms with Gasteiger partial charge in [0, 0.05) is 42.7 Å². The first-order chi connectivity index (χ1) is 8.99. The molecule has 3 unspecified atom stereocenters. The molecule has 3 fully saturated rings. The number of fused-ring (bicyclic) bond motifs is 1. The Morgan fingerprint density at radius 2 is 2.11 bits per heavy atom. The molecule has 3 aliphatic rings. The van der Waals surface area contributed by atoms with Crippen LogP contribution in [0.1, 0.15) is 40.0 Å². The molecule has 4 heteroatoms. The molecule has 3 N–H and O–H groups in total. The van der Waals surface area contributed by atoms with Crippen LogP contribution in [0.15, 0.2) is 0 Å². The van der Waals surface area contributed by atoms with E-state index in [1.165, 1.54) is 0 Å². The predicted molar refractivity (Wildman–Crippen MR) is 75.0 cm³/mol. The van der Waals surface area contributed by atoms with E-state index in [9.17, 15) is 0 Å². The molecule has 0 aromatic rings. The average molecular weight is 268 g/mol. The standard InChI is InChI=1S/C15H28N2O2/c1-4-18-11-7-10(8-11)17-9-15(16)12-5-6-19-13(12)14(15,2)3/h10-13,17H,4-9,16H2,1-3H3. The highest BCUT2D eigenvalue weighted by Gasteiger charge is 2.67. The summed E-state index contributed by atoms with van der Waals surface area (Å²) in [4.78, 5) is 0. The van der Waals surface area contributed by atoms with Crippen LogP contribution in [-0.4, -0.2) is 43.5 Å². The monoisotopic (exact) mass is 268 g/mol. The van der Waals surface area contributed by atoms with Gasteiger partial charge in [-0.3, -0.25) is 0 Å². The molecule has 1 aliphatic heterocycles. The molecule has 3 rings (SSSR count). The minimum atomic E-state index is -0.106. The lowest BCUT2D eigenvalue weighted by molar-refractivity contribution is -0.155. The Morgan fingerprint density at radius 3 is 2.79 bits per heavy atom. The summed E-state index contributed by atoms with van der Waals surface area (Å²) in [6, 6.07) is 0.592. The fourth-order valence-corrected chi connectivity index (χ4v) is 4.25. The number of hydrogen-bond acceptors (Lipinski definition) is 4. The van der Waals surface area contributed by atoms with Crippen molar-refractivity contribution in [2.24, 2.45) is 17.1 Å². The van der Waals surface area contributed by atoms with Gasteiger partial charge in [-0.1, -0.05) is 13.8 Å². The molecule has 3 atom stereocenters.